The first-order valence-corrected chi connectivity index (χ1v) is 8.15. The van der Waals surface area contributed by atoms with Gasteiger partial charge in [-0.05, 0) is 11.8 Å². The summed E-state index contributed by atoms with van der Waals surface area (Å²) < 4.78 is 62.3. The van der Waals surface area contributed by atoms with E-state index in [-0.39, 0.29) is 25.7 Å². The minimum Gasteiger partial charge on any atom is -0.305 e. The van der Waals surface area contributed by atoms with Gasteiger partial charge in [0.2, 0.25) is 0 Å². The maximum Gasteiger partial charge on any atom is 0.453 e. The van der Waals surface area contributed by atoms with Crippen molar-refractivity contribution in [2.45, 2.75) is 12.3 Å². The quantitative estimate of drug-likeness (QED) is 0.276. The van der Waals surface area contributed by atoms with Crippen molar-refractivity contribution < 1.29 is 42.1 Å². The van der Waals surface area contributed by atoms with Crippen LogP contribution >= 0.6 is 0 Å². The summed E-state index contributed by atoms with van der Waals surface area (Å²) in [7, 11) is 0. The van der Waals surface area contributed by atoms with Gasteiger partial charge in [0.25, 0.3) is 5.84 Å². The zero-order chi connectivity index (χ0) is 20.9. The maximum atomic E-state index is 13.2. The van der Waals surface area contributed by atoms with Gasteiger partial charge in [-0.25, -0.2) is 4.99 Å². The Balaban J connectivity index is 0.000000207. The fraction of sp³-hybridized carbons (Fsp3) is 0.100. The van der Waals surface area contributed by atoms with Gasteiger partial charge >= 0.3 is 6.18 Å². The molecule has 3 aromatic rings. The van der Waals surface area contributed by atoms with Crippen molar-refractivity contribution in [1.29, 1.82) is 0 Å². The number of pyridine rings is 1. The molecule has 4 nitrogen and oxygen atoms in total. The molecule has 1 aliphatic heterocycles. The smallest absolute Gasteiger partial charge is 0.305 e. The number of aromatic nitrogens is 1. The SMILES string of the molecule is FC(F)(F)C1=NC(c2[c-]cccc2)N=N1.Fc1c[c-]c(-c2ccccn2)c(F)c1.[Ir]. The van der Waals surface area contributed by atoms with Crippen molar-refractivity contribution in [3.05, 3.63) is 90.1 Å². The molecule has 1 radical (unpaired) electrons. The molecule has 30 heavy (non-hydrogen) atoms. The fourth-order valence-corrected chi connectivity index (χ4v) is 2.26. The molecule has 2 aromatic carbocycles. The Morgan fingerprint density at radius 1 is 0.967 bits per heavy atom. The van der Waals surface area contributed by atoms with E-state index in [0.29, 0.717) is 11.3 Å². The Morgan fingerprint density at radius 3 is 2.30 bits per heavy atom. The average molecular weight is 595 g/mol. The number of rotatable bonds is 2. The van der Waals surface area contributed by atoms with E-state index < -0.39 is 29.8 Å². The summed E-state index contributed by atoms with van der Waals surface area (Å²) in [6.07, 6.45) is -3.90. The number of benzene rings is 2. The van der Waals surface area contributed by atoms with Crippen LogP contribution in [0.15, 0.2) is 76.0 Å². The molecule has 1 aromatic heterocycles. The topological polar surface area (TPSA) is 50.0 Å². The molecule has 0 bridgehead atoms. The van der Waals surface area contributed by atoms with Crippen molar-refractivity contribution in [3.63, 3.8) is 0 Å². The largest absolute Gasteiger partial charge is 0.453 e. The van der Waals surface area contributed by atoms with Crippen molar-refractivity contribution >= 4 is 5.84 Å². The van der Waals surface area contributed by atoms with Gasteiger partial charge in [0, 0.05) is 37.9 Å². The molecule has 0 N–H and O–H groups in total. The van der Waals surface area contributed by atoms with Gasteiger partial charge in [0.1, 0.15) is 0 Å². The van der Waals surface area contributed by atoms with Crippen molar-refractivity contribution in [1.82, 2.24) is 4.98 Å². The van der Waals surface area contributed by atoms with E-state index in [1.54, 1.807) is 48.7 Å². The number of nitrogens with zero attached hydrogens (tertiary/aromatic N) is 4. The van der Waals surface area contributed by atoms with Crippen molar-refractivity contribution in [3.8, 4) is 11.3 Å². The molecule has 4 rings (SSSR count). The van der Waals surface area contributed by atoms with Gasteiger partial charge in [-0.15, -0.1) is 22.8 Å². The van der Waals surface area contributed by atoms with Crippen LogP contribution in [0.25, 0.3) is 11.3 Å². The van der Waals surface area contributed by atoms with E-state index in [2.05, 4.69) is 32.3 Å². The van der Waals surface area contributed by atoms with Crippen molar-refractivity contribution in [2.24, 2.45) is 15.2 Å². The number of alkyl halides is 3. The van der Waals surface area contributed by atoms with Crippen LogP contribution < -0.4 is 0 Å². The van der Waals surface area contributed by atoms with E-state index in [9.17, 15) is 22.0 Å². The minimum absolute atomic E-state index is 0. The van der Waals surface area contributed by atoms with Gasteiger partial charge < -0.3 is 4.98 Å². The zero-order valence-electron chi connectivity index (χ0n) is 14.9. The van der Waals surface area contributed by atoms with E-state index in [0.717, 1.165) is 12.1 Å². The van der Waals surface area contributed by atoms with E-state index in [1.165, 1.54) is 0 Å². The first-order chi connectivity index (χ1) is 13.8. The third-order valence-electron chi connectivity index (χ3n) is 3.55. The molecular formula is C20H11F5IrN4-2. The van der Waals surface area contributed by atoms with Crippen molar-refractivity contribution in [2.75, 3.05) is 0 Å². The Hall–Kier alpha value is -2.84. The van der Waals surface area contributed by atoms with Crippen LogP contribution in [0.5, 0.6) is 0 Å². The Bertz CT molecular complexity index is 1020. The predicted molar refractivity (Wildman–Crippen MR) is 94.8 cm³/mol. The van der Waals surface area contributed by atoms with Crippen LogP contribution in [0.2, 0.25) is 0 Å². The van der Waals surface area contributed by atoms with Gasteiger partial charge in [-0.1, -0.05) is 23.8 Å². The van der Waals surface area contributed by atoms with Gasteiger partial charge in [0.05, 0.1) is 0 Å². The zero-order valence-corrected chi connectivity index (χ0v) is 17.3. The summed E-state index contributed by atoms with van der Waals surface area (Å²) in [6, 6.07) is 18.9. The van der Waals surface area contributed by atoms with E-state index in [1.807, 2.05) is 0 Å². The number of amidine groups is 1. The second-order valence-electron chi connectivity index (χ2n) is 5.61. The standard InChI is InChI=1S/C11H6F2N.C9H5F3N3.Ir/c12-8-4-5-9(10(13)7-8)11-3-1-2-6-14-11;10-9(11,12)8-13-7(14-15-8)6-4-2-1-3-5-6;/h1-4,6-7H;1-4,7H;/q2*-1;. The van der Waals surface area contributed by atoms with Gasteiger partial charge in [0.15, 0.2) is 6.17 Å². The summed E-state index contributed by atoms with van der Waals surface area (Å²) in [5.74, 6) is -2.48. The monoisotopic (exact) mass is 595 g/mol. The molecule has 0 saturated carbocycles. The first-order valence-electron chi connectivity index (χ1n) is 8.15. The molecule has 10 heteroatoms. The predicted octanol–water partition coefficient (Wildman–Crippen LogP) is 5.74. The van der Waals surface area contributed by atoms with Crippen LogP contribution in [-0.2, 0) is 20.1 Å². The van der Waals surface area contributed by atoms with Gasteiger partial charge in [-0.2, -0.15) is 48.6 Å². The molecule has 1 aliphatic rings. The maximum absolute atomic E-state index is 13.2. The summed E-state index contributed by atoms with van der Waals surface area (Å²) >= 11 is 0. The number of halogens is 5. The minimum atomic E-state index is -4.53. The van der Waals surface area contributed by atoms with Gasteiger partial charge in [-0.3, -0.25) is 8.78 Å². The Kier molecular flexibility index (Phi) is 8.02. The van der Waals surface area contributed by atoms with Crippen LogP contribution in [-0.4, -0.2) is 17.0 Å². The number of hydrogen-bond donors (Lipinski definition) is 0. The second-order valence-corrected chi connectivity index (χ2v) is 5.61. The number of aliphatic imine (C=N–C) groups is 1. The summed E-state index contributed by atoms with van der Waals surface area (Å²) in [5, 5.41) is 6.42. The molecule has 1 unspecified atom stereocenters. The van der Waals surface area contributed by atoms with E-state index in [4.69, 9.17) is 0 Å². The Morgan fingerprint density at radius 2 is 1.73 bits per heavy atom. The number of azo groups is 1. The van der Waals surface area contributed by atoms with Crippen LogP contribution in [0.3, 0.4) is 0 Å². The number of hydrogen-bond acceptors (Lipinski definition) is 4. The van der Waals surface area contributed by atoms with Crippen LogP contribution in [0.4, 0.5) is 22.0 Å². The molecule has 0 saturated heterocycles. The summed E-state index contributed by atoms with van der Waals surface area (Å²) in [6.45, 7) is 0. The van der Waals surface area contributed by atoms with E-state index >= 15 is 0 Å². The fourth-order valence-electron chi connectivity index (χ4n) is 2.26. The molecule has 0 amide bonds. The summed E-state index contributed by atoms with van der Waals surface area (Å²) in [4.78, 5) is 7.30. The third kappa shape index (κ3) is 6.08. The average Bonchev–Trinajstić information content (AvgIpc) is 3.21. The van der Waals surface area contributed by atoms with Crippen LogP contribution in [0, 0.1) is 23.8 Å². The molecule has 0 spiro atoms. The molecule has 0 aliphatic carbocycles. The first kappa shape index (κ1) is 23.4. The second kappa shape index (κ2) is 10.3. The normalized spacial score (nSPS) is 15.0. The summed E-state index contributed by atoms with van der Waals surface area (Å²) in [5.41, 5.74) is 1.11. The Labute approximate surface area is 182 Å². The van der Waals surface area contributed by atoms with Crippen LogP contribution in [0.1, 0.15) is 11.7 Å². The molecule has 157 valence electrons. The molecule has 0 fully saturated rings. The third-order valence-corrected chi connectivity index (χ3v) is 3.55. The molecular weight excluding hydrogens is 583 g/mol. The molecule has 2 heterocycles. The molecule has 1 atom stereocenters.